The molecule has 0 radical (unpaired) electrons. The normalized spacial score (nSPS) is 14.6. The number of ketones is 1. The molecule has 0 amide bonds. The van der Waals surface area contributed by atoms with E-state index in [1.54, 1.807) is 30.3 Å². The molecule has 110 valence electrons. The summed E-state index contributed by atoms with van der Waals surface area (Å²) in [6.45, 7) is 2.18. The largest absolute Gasteiger partial charge is 0.425 e. The topological polar surface area (TPSA) is 52.3 Å². The van der Waals surface area contributed by atoms with Gasteiger partial charge in [-0.15, -0.1) is 6.58 Å². The van der Waals surface area contributed by atoms with Gasteiger partial charge in [-0.1, -0.05) is 36.4 Å². The van der Waals surface area contributed by atoms with Gasteiger partial charge in [-0.05, 0) is 5.56 Å². The van der Waals surface area contributed by atoms with E-state index >= 15 is 0 Å². The fourth-order valence-electron chi connectivity index (χ4n) is 1.76. The molecule has 0 aromatic heterocycles. The number of alkyl halides is 3. The molecule has 0 saturated heterocycles. The molecule has 0 aliphatic carbocycles. The van der Waals surface area contributed by atoms with Crippen molar-refractivity contribution in [2.75, 3.05) is 6.54 Å². The summed E-state index contributed by atoms with van der Waals surface area (Å²) in [7, 11) is 0. The van der Waals surface area contributed by atoms with E-state index in [4.69, 9.17) is 10.5 Å². The fraction of sp³-hybridized carbons (Fsp3) is 0.357. The SMILES string of the molecule is C=CCC(OCc1ccccc1)(C(=O)CN)C(F)(F)F. The van der Waals surface area contributed by atoms with Crippen molar-refractivity contribution < 1.29 is 22.7 Å². The summed E-state index contributed by atoms with van der Waals surface area (Å²) < 4.78 is 44.7. The first-order chi connectivity index (χ1) is 9.37. The zero-order chi connectivity index (χ0) is 15.2. The second-order valence-electron chi connectivity index (χ2n) is 4.22. The van der Waals surface area contributed by atoms with Crippen LogP contribution in [0, 0.1) is 0 Å². The summed E-state index contributed by atoms with van der Waals surface area (Å²) in [4.78, 5) is 11.7. The van der Waals surface area contributed by atoms with Crippen molar-refractivity contribution in [2.45, 2.75) is 24.8 Å². The second kappa shape index (κ2) is 6.67. The van der Waals surface area contributed by atoms with Gasteiger partial charge >= 0.3 is 6.18 Å². The molecule has 0 aliphatic rings. The minimum Gasteiger partial charge on any atom is -0.353 e. The Balaban J connectivity index is 3.03. The van der Waals surface area contributed by atoms with Crippen LogP contribution < -0.4 is 5.73 Å². The van der Waals surface area contributed by atoms with Gasteiger partial charge in [0.1, 0.15) is 0 Å². The van der Waals surface area contributed by atoms with Crippen LogP contribution in [0.15, 0.2) is 43.0 Å². The zero-order valence-electron chi connectivity index (χ0n) is 10.8. The van der Waals surface area contributed by atoms with Crippen LogP contribution in [0.3, 0.4) is 0 Å². The Morgan fingerprint density at radius 2 is 1.90 bits per heavy atom. The highest BCUT2D eigenvalue weighted by Gasteiger charge is 2.60. The lowest BCUT2D eigenvalue weighted by molar-refractivity contribution is -0.268. The van der Waals surface area contributed by atoms with E-state index in [-0.39, 0.29) is 6.61 Å². The van der Waals surface area contributed by atoms with Gasteiger partial charge in [-0.3, -0.25) is 4.79 Å². The number of Topliss-reactive ketones (excluding diaryl/α,β-unsaturated/α-hetero) is 1. The number of hydrogen-bond donors (Lipinski definition) is 1. The molecule has 3 nitrogen and oxygen atoms in total. The first kappa shape index (κ1) is 16.4. The van der Waals surface area contributed by atoms with Crippen LogP contribution in [0.5, 0.6) is 0 Å². The Bertz CT molecular complexity index is 459. The molecule has 0 spiro atoms. The average Bonchev–Trinajstić information content (AvgIpc) is 2.42. The summed E-state index contributed by atoms with van der Waals surface area (Å²) in [5.41, 5.74) is 2.70. The third kappa shape index (κ3) is 3.46. The number of carbonyl (C=O) groups excluding carboxylic acids is 1. The van der Waals surface area contributed by atoms with Gasteiger partial charge in [0.2, 0.25) is 5.60 Å². The third-order valence-corrected chi connectivity index (χ3v) is 2.85. The molecule has 0 bridgehead atoms. The molecular formula is C14H16F3NO2. The molecular weight excluding hydrogens is 271 g/mol. The molecule has 0 aliphatic heterocycles. The Kier molecular flexibility index (Phi) is 5.47. The van der Waals surface area contributed by atoms with Crippen molar-refractivity contribution >= 4 is 5.78 Å². The maximum absolute atomic E-state index is 13.3. The predicted molar refractivity (Wildman–Crippen MR) is 68.9 cm³/mol. The lowest BCUT2D eigenvalue weighted by Gasteiger charge is -2.33. The van der Waals surface area contributed by atoms with Crippen molar-refractivity contribution in [2.24, 2.45) is 5.73 Å². The number of ether oxygens (including phenoxy) is 1. The smallest absolute Gasteiger partial charge is 0.353 e. The molecule has 1 unspecified atom stereocenters. The number of carbonyl (C=O) groups is 1. The van der Waals surface area contributed by atoms with Crippen LogP contribution in [0.25, 0.3) is 0 Å². The lowest BCUT2D eigenvalue weighted by Crippen LogP contribution is -2.56. The monoisotopic (exact) mass is 287 g/mol. The molecule has 1 aromatic carbocycles. The van der Waals surface area contributed by atoms with Gasteiger partial charge in [0, 0.05) is 6.42 Å². The molecule has 0 fully saturated rings. The van der Waals surface area contributed by atoms with Gasteiger partial charge in [0.05, 0.1) is 13.2 Å². The molecule has 2 N–H and O–H groups in total. The number of rotatable bonds is 7. The summed E-state index contributed by atoms with van der Waals surface area (Å²) in [5, 5.41) is 0. The summed E-state index contributed by atoms with van der Waals surface area (Å²) in [5.74, 6) is -1.21. The van der Waals surface area contributed by atoms with Crippen LogP contribution in [-0.2, 0) is 16.1 Å². The van der Waals surface area contributed by atoms with E-state index in [0.717, 1.165) is 6.08 Å². The number of nitrogens with two attached hydrogens (primary N) is 1. The van der Waals surface area contributed by atoms with Gasteiger partial charge < -0.3 is 10.5 Å². The first-order valence-electron chi connectivity index (χ1n) is 5.96. The van der Waals surface area contributed by atoms with E-state index in [1.165, 1.54) is 0 Å². The summed E-state index contributed by atoms with van der Waals surface area (Å²) in [6, 6.07) is 8.30. The Morgan fingerprint density at radius 3 is 2.35 bits per heavy atom. The molecule has 0 saturated carbocycles. The summed E-state index contributed by atoms with van der Waals surface area (Å²) in [6.07, 6.45) is -4.52. The Hall–Kier alpha value is -1.66. The van der Waals surface area contributed by atoms with Crippen LogP contribution in [0.1, 0.15) is 12.0 Å². The highest BCUT2D eigenvalue weighted by Crippen LogP contribution is 2.38. The van der Waals surface area contributed by atoms with Crippen LogP contribution >= 0.6 is 0 Å². The van der Waals surface area contributed by atoms with Gasteiger partial charge in [0.15, 0.2) is 5.78 Å². The molecule has 1 atom stereocenters. The standard InChI is InChI=1S/C14H16F3NO2/c1-2-8-13(12(19)9-18,14(15,16)17)20-10-11-6-4-3-5-7-11/h2-7H,1,8-10,18H2. The van der Waals surface area contributed by atoms with Crippen LogP contribution in [0.2, 0.25) is 0 Å². The third-order valence-electron chi connectivity index (χ3n) is 2.85. The van der Waals surface area contributed by atoms with Gasteiger partial charge in [-0.25, -0.2) is 0 Å². The minimum absolute atomic E-state index is 0.333. The van der Waals surface area contributed by atoms with Crippen molar-refractivity contribution in [3.8, 4) is 0 Å². The maximum atomic E-state index is 13.3. The number of halogens is 3. The highest BCUT2D eigenvalue weighted by molar-refractivity contribution is 5.90. The maximum Gasteiger partial charge on any atom is 0.425 e. The van der Waals surface area contributed by atoms with E-state index in [1.807, 2.05) is 0 Å². The number of benzene rings is 1. The van der Waals surface area contributed by atoms with E-state index in [9.17, 15) is 18.0 Å². The van der Waals surface area contributed by atoms with Crippen molar-refractivity contribution in [3.05, 3.63) is 48.6 Å². The zero-order valence-corrected chi connectivity index (χ0v) is 10.8. The quantitative estimate of drug-likeness (QED) is 0.784. The second-order valence-corrected chi connectivity index (χ2v) is 4.22. The Labute approximate surface area is 115 Å². The van der Waals surface area contributed by atoms with Gasteiger partial charge in [0.25, 0.3) is 0 Å². The fourth-order valence-corrected chi connectivity index (χ4v) is 1.76. The summed E-state index contributed by atoms with van der Waals surface area (Å²) >= 11 is 0. The number of hydrogen-bond acceptors (Lipinski definition) is 3. The van der Waals surface area contributed by atoms with Crippen LogP contribution in [-0.4, -0.2) is 24.1 Å². The van der Waals surface area contributed by atoms with Crippen LogP contribution in [0.4, 0.5) is 13.2 Å². The lowest BCUT2D eigenvalue weighted by atomic mass is 9.92. The average molecular weight is 287 g/mol. The molecule has 1 rings (SSSR count). The molecule has 6 heteroatoms. The van der Waals surface area contributed by atoms with E-state index in [0.29, 0.717) is 5.56 Å². The highest BCUT2D eigenvalue weighted by atomic mass is 19.4. The van der Waals surface area contributed by atoms with Crippen molar-refractivity contribution in [1.82, 2.24) is 0 Å². The molecule has 1 aromatic rings. The Morgan fingerprint density at radius 1 is 1.30 bits per heavy atom. The van der Waals surface area contributed by atoms with E-state index < -0.39 is 30.5 Å². The predicted octanol–water partition coefficient (Wildman–Crippen LogP) is 2.61. The van der Waals surface area contributed by atoms with Gasteiger partial charge in [-0.2, -0.15) is 13.2 Å². The van der Waals surface area contributed by atoms with Crippen molar-refractivity contribution in [1.29, 1.82) is 0 Å². The van der Waals surface area contributed by atoms with E-state index in [2.05, 4.69) is 6.58 Å². The van der Waals surface area contributed by atoms with Crippen molar-refractivity contribution in [3.63, 3.8) is 0 Å². The molecule has 0 heterocycles. The minimum atomic E-state index is -4.85. The first-order valence-corrected chi connectivity index (χ1v) is 5.96. The molecule has 20 heavy (non-hydrogen) atoms.